The Balaban J connectivity index is 1.89. The minimum Gasteiger partial charge on any atom is -0.283 e. The number of aryl methyl sites for hydroxylation is 3. The van der Waals surface area contributed by atoms with Crippen molar-refractivity contribution < 1.29 is 8.42 Å². The molecule has 3 nitrogen and oxygen atoms in total. The largest absolute Gasteiger partial charge is 0.283 e. The summed E-state index contributed by atoms with van der Waals surface area (Å²) in [6, 6.07) is 23.0. The number of hydrogen-bond donors (Lipinski definition) is 1. The smallest absolute Gasteiger partial charge is 0.229 e. The molecule has 4 rings (SSSR count). The minimum atomic E-state index is -3.32. The van der Waals surface area contributed by atoms with E-state index in [0.717, 1.165) is 24.0 Å². The summed E-state index contributed by atoms with van der Waals surface area (Å²) in [4.78, 5) is 0. The van der Waals surface area contributed by atoms with Crippen LogP contribution < -0.4 is 4.72 Å². The summed E-state index contributed by atoms with van der Waals surface area (Å²) in [5.41, 5.74) is 8.83. The van der Waals surface area contributed by atoms with Crippen molar-refractivity contribution in [1.82, 2.24) is 0 Å². The molecule has 3 aromatic carbocycles. The Hall–Kier alpha value is -2.85. The standard InChI is InChI=1S/C24H23NO2S/c1-17-11-12-18(16-24(17)25-28(2,26)27)15-23-21-9-5-3-7-19(21)13-14-20-8-4-6-10-22(20)23/h3-12,15-16,25H,13-14H2,1-2H3. The molecule has 142 valence electrons. The molecule has 0 aromatic heterocycles. The molecule has 0 saturated carbocycles. The van der Waals surface area contributed by atoms with Crippen LogP contribution in [0.25, 0.3) is 11.6 Å². The van der Waals surface area contributed by atoms with Crippen molar-refractivity contribution in [3.63, 3.8) is 0 Å². The van der Waals surface area contributed by atoms with Crippen LogP contribution in [0.15, 0.2) is 66.7 Å². The average Bonchev–Trinajstić information content (AvgIpc) is 2.81. The Morgan fingerprint density at radius 3 is 2.00 bits per heavy atom. The number of benzene rings is 3. The molecule has 3 aromatic rings. The quantitative estimate of drug-likeness (QED) is 0.681. The molecule has 0 unspecified atom stereocenters. The predicted molar refractivity (Wildman–Crippen MR) is 117 cm³/mol. The molecule has 0 atom stereocenters. The molecule has 1 aliphatic carbocycles. The van der Waals surface area contributed by atoms with Crippen molar-refractivity contribution in [3.8, 4) is 0 Å². The maximum absolute atomic E-state index is 11.7. The third-order valence-electron chi connectivity index (χ3n) is 5.15. The van der Waals surface area contributed by atoms with Crippen molar-refractivity contribution in [3.05, 3.63) is 100 Å². The maximum atomic E-state index is 11.7. The average molecular weight is 390 g/mol. The van der Waals surface area contributed by atoms with E-state index in [1.54, 1.807) is 0 Å². The first-order chi connectivity index (χ1) is 13.4. The molecule has 0 bridgehead atoms. The third kappa shape index (κ3) is 3.87. The first-order valence-corrected chi connectivity index (χ1v) is 11.3. The summed E-state index contributed by atoms with van der Waals surface area (Å²) in [6.07, 6.45) is 5.36. The molecule has 0 aliphatic heterocycles. The van der Waals surface area contributed by atoms with E-state index in [4.69, 9.17) is 0 Å². The van der Waals surface area contributed by atoms with Crippen LogP contribution >= 0.6 is 0 Å². The van der Waals surface area contributed by atoms with Crippen LogP contribution in [0, 0.1) is 6.92 Å². The molecule has 4 heteroatoms. The van der Waals surface area contributed by atoms with E-state index in [1.807, 2.05) is 25.1 Å². The summed E-state index contributed by atoms with van der Waals surface area (Å²) in [5, 5.41) is 0. The highest BCUT2D eigenvalue weighted by molar-refractivity contribution is 7.92. The normalized spacial score (nSPS) is 13.3. The van der Waals surface area contributed by atoms with Crippen molar-refractivity contribution >= 4 is 27.4 Å². The van der Waals surface area contributed by atoms with Crippen LogP contribution in [-0.4, -0.2) is 14.7 Å². The number of sulfonamides is 1. The van der Waals surface area contributed by atoms with Crippen LogP contribution in [0.4, 0.5) is 5.69 Å². The number of hydrogen-bond acceptors (Lipinski definition) is 2. The lowest BCUT2D eigenvalue weighted by molar-refractivity contribution is 0.607. The molecule has 1 N–H and O–H groups in total. The fourth-order valence-electron chi connectivity index (χ4n) is 3.78. The Labute approximate surface area is 166 Å². The second-order valence-corrected chi connectivity index (χ2v) is 9.07. The Morgan fingerprint density at radius 1 is 0.857 bits per heavy atom. The van der Waals surface area contributed by atoms with Gasteiger partial charge in [0.15, 0.2) is 0 Å². The van der Waals surface area contributed by atoms with E-state index in [-0.39, 0.29) is 0 Å². The zero-order chi connectivity index (χ0) is 19.7. The van der Waals surface area contributed by atoms with Gasteiger partial charge in [-0.2, -0.15) is 0 Å². The fourth-order valence-corrected chi connectivity index (χ4v) is 4.40. The summed E-state index contributed by atoms with van der Waals surface area (Å²) in [7, 11) is -3.32. The van der Waals surface area contributed by atoms with E-state index >= 15 is 0 Å². The highest BCUT2D eigenvalue weighted by Gasteiger charge is 2.17. The zero-order valence-corrected chi connectivity index (χ0v) is 16.9. The molecule has 28 heavy (non-hydrogen) atoms. The van der Waals surface area contributed by atoms with Crippen molar-refractivity contribution in [1.29, 1.82) is 0 Å². The van der Waals surface area contributed by atoms with Gasteiger partial charge in [-0.1, -0.05) is 60.7 Å². The first kappa shape index (κ1) is 18.5. The minimum absolute atomic E-state index is 0.618. The van der Waals surface area contributed by atoms with E-state index in [1.165, 1.54) is 34.1 Å². The first-order valence-electron chi connectivity index (χ1n) is 9.37. The van der Waals surface area contributed by atoms with Gasteiger partial charge in [0.25, 0.3) is 0 Å². The molecule has 0 amide bonds. The van der Waals surface area contributed by atoms with Crippen LogP contribution in [0.5, 0.6) is 0 Å². The van der Waals surface area contributed by atoms with Crippen molar-refractivity contribution in [2.75, 3.05) is 11.0 Å². The van der Waals surface area contributed by atoms with Gasteiger partial charge in [-0.05, 0) is 70.9 Å². The molecule has 0 radical (unpaired) electrons. The van der Waals surface area contributed by atoms with Gasteiger partial charge in [0.05, 0.1) is 11.9 Å². The second kappa shape index (κ2) is 7.28. The monoisotopic (exact) mass is 389 g/mol. The molecule has 0 fully saturated rings. The maximum Gasteiger partial charge on any atom is 0.229 e. The number of nitrogens with one attached hydrogen (secondary N) is 1. The lowest BCUT2D eigenvalue weighted by atomic mass is 9.92. The van der Waals surface area contributed by atoms with Gasteiger partial charge in [0.2, 0.25) is 10.0 Å². The van der Waals surface area contributed by atoms with E-state index in [0.29, 0.717) is 5.69 Å². The fraction of sp³-hybridized carbons (Fsp3) is 0.167. The molecule has 0 saturated heterocycles. The SMILES string of the molecule is Cc1ccc(C=C2c3ccccc3CCc3ccccc32)cc1NS(C)(=O)=O. The summed E-state index contributed by atoms with van der Waals surface area (Å²) in [6.45, 7) is 1.90. The molecule has 1 aliphatic rings. The number of rotatable bonds is 3. The molecular formula is C24H23NO2S. The number of anilines is 1. The third-order valence-corrected chi connectivity index (χ3v) is 5.74. The van der Waals surface area contributed by atoms with E-state index in [9.17, 15) is 8.42 Å². The summed E-state index contributed by atoms with van der Waals surface area (Å²) >= 11 is 0. The van der Waals surface area contributed by atoms with Crippen molar-refractivity contribution in [2.45, 2.75) is 19.8 Å². The van der Waals surface area contributed by atoms with Gasteiger partial charge in [0, 0.05) is 0 Å². The molecule has 0 spiro atoms. The van der Waals surface area contributed by atoms with Gasteiger partial charge in [-0.25, -0.2) is 8.42 Å². The van der Waals surface area contributed by atoms with Crippen LogP contribution in [0.2, 0.25) is 0 Å². The van der Waals surface area contributed by atoms with Crippen LogP contribution in [-0.2, 0) is 22.9 Å². The van der Waals surface area contributed by atoms with Gasteiger partial charge in [-0.3, -0.25) is 4.72 Å². The van der Waals surface area contributed by atoms with Gasteiger partial charge in [0.1, 0.15) is 0 Å². The highest BCUT2D eigenvalue weighted by atomic mass is 32.2. The zero-order valence-electron chi connectivity index (χ0n) is 16.1. The van der Waals surface area contributed by atoms with E-state index < -0.39 is 10.0 Å². The number of fused-ring (bicyclic) bond motifs is 2. The highest BCUT2D eigenvalue weighted by Crippen LogP contribution is 2.35. The van der Waals surface area contributed by atoms with Crippen LogP contribution in [0.3, 0.4) is 0 Å². The lowest BCUT2D eigenvalue weighted by Gasteiger charge is -2.13. The van der Waals surface area contributed by atoms with Crippen molar-refractivity contribution in [2.24, 2.45) is 0 Å². The molecular weight excluding hydrogens is 366 g/mol. The lowest BCUT2D eigenvalue weighted by Crippen LogP contribution is -2.10. The molecule has 0 heterocycles. The topological polar surface area (TPSA) is 46.2 Å². The summed E-state index contributed by atoms with van der Waals surface area (Å²) < 4.78 is 26.0. The Morgan fingerprint density at radius 2 is 1.43 bits per heavy atom. The Kier molecular flexibility index (Phi) is 4.82. The van der Waals surface area contributed by atoms with E-state index in [2.05, 4.69) is 59.3 Å². The van der Waals surface area contributed by atoms with Crippen LogP contribution in [0.1, 0.15) is 33.4 Å². The summed E-state index contributed by atoms with van der Waals surface area (Å²) in [5.74, 6) is 0. The predicted octanol–water partition coefficient (Wildman–Crippen LogP) is 5.05. The van der Waals surface area contributed by atoms with Gasteiger partial charge >= 0.3 is 0 Å². The van der Waals surface area contributed by atoms with Gasteiger partial charge in [-0.15, -0.1) is 0 Å². The Bertz CT molecular complexity index is 1130. The van der Waals surface area contributed by atoms with Gasteiger partial charge < -0.3 is 0 Å². The second-order valence-electron chi connectivity index (χ2n) is 7.32.